The van der Waals surface area contributed by atoms with Gasteiger partial charge in [-0.3, -0.25) is 4.79 Å². The molecule has 0 aromatic heterocycles. The van der Waals surface area contributed by atoms with Crippen molar-refractivity contribution in [2.45, 2.75) is 77.0 Å². The number of amides is 1. The van der Waals surface area contributed by atoms with Gasteiger partial charge in [-0.2, -0.15) is 0 Å². The fourth-order valence-corrected chi connectivity index (χ4v) is 6.92. The maximum atomic E-state index is 12.4. The van der Waals surface area contributed by atoms with E-state index in [1.54, 1.807) is 0 Å². The monoisotopic (exact) mass is 355 g/mol. The number of alkyl halides is 1. The van der Waals surface area contributed by atoms with Gasteiger partial charge >= 0.3 is 0 Å². The molecule has 0 aliphatic heterocycles. The number of hydrogen-bond donors (Lipinski definition) is 1. The lowest BCUT2D eigenvalue weighted by Crippen LogP contribution is -2.56. The van der Waals surface area contributed by atoms with Crippen LogP contribution < -0.4 is 5.32 Å². The lowest BCUT2D eigenvalue weighted by Gasteiger charge is -2.65. The first kappa shape index (κ1) is 15.8. The molecular weight excluding hydrogens is 326 g/mol. The van der Waals surface area contributed by atoms with E-state index >= 15 is 0 Å². The Balaban J connectivity index is 1.63. The lowest BCUT2D eigenvalue weighted by molar-refractivity contribution is -0.156. The van der Waals surface area contributed by atoms with Crippen molar-refractivity contribution in [1.29, 1.82) is 0 Å². The molecule has 1 amide bonds. The van der Waals surface area contributed by atoms with Crippen LogP contribution in [-0.2, 0) is 4.79 Å². The number of rotatable bonds is 5. The third kappa shape index (κ3) is 3.33. The number of carbonyl (C=O) groups is 1. The summed E-state index contributed by atoms with van der Waals surface area (Å²) in [5.41, 5.74) is 1.34. The van der Waals surface area contributed by atoms with Crippen molar-refractivity contribution >= 4 is 21.8 Å². The van der Waals surface area contributed by atoms with Crippen LogP contribution in [0.3, 0.4) is 0 Å². The summed E-state index contributed by atoms with van der Waals surface area (Å²) in [6.07, 6.45) is 9.87. The molecule has 21 heavy (non-hydrogen) atoms. The van der Waals surface area contributed by atoms with Gasteiger partial charge in [-0.05, 0) is 67.1 Å². The fraction of sp³-hybridized carbons (Fsp3) is 0.944. The van der Waals surface area contributed by atoms with E-state index in [0.717, 1.165) is 25.3 Å². The number of carbonyl (C=O) groups excluding carboxylic acids is 1. The summed E-state index contributed by atoms with van der Waals surface area (Å²) in [5.74, 6) is 1.17. The van der Waals surface area contributed by atoms with Gasteiger partial charge in [-0.25, -0.2) is 0 Å². The van der Waals surface area contributed by atoms with Crippen molar-refractivity contribution in [3.05, 3.63) is 0 Å². The topological polar surface area (TPSA) is 29.1 Å². The molecule has 0 saturated heterocycles. The zero-order valence-corrected chi connectivity index (χ0v) is 15.4. The number of hydrogen-bond acceptors (Lipinski definition) is 1. The van der Waals surface area contributed by atoms with E-state index in [2.05, 4.69) is 42.0 Å². The highest BCUT2D eigenvalue weighted by atomic mass is 79.9. The van der Waals surface area contributed by atoms with Gasteiger partial charge in [0, 0.05) is 17.8 Å². The summed E-state index contributed by atoms with van der Waals surface area (Å²) >= 11 is 3.54. The number of halogens is 1. The number of nitrogens with one attached hydrogen (secondary N) is 1. The Hall–Kier alpha value is -0.0500. The summed E-state index contributed by atoms with van der Waals surface area (Å²) in [7, 11) is 0. The molecule has 4 rings (SSSR count). The second-order valence-corrected chi connectivity index (χ2v) is 10.8. The highest BCUT2D eigenvalue weighted by molar-refractivity contribution is 9.09. The third-order valence-corrected chi connectivity index (χ3v) is 6.60. The van der Waals surface area contributed by atoms with Gasteiger partial charge in [0.2, 0.25) is 5.91 Å². The molecule has 3 unspecified atom stereocenters. The van der Waals surface area contributed by atoms with E-state index in [4.69, 9.17) is 0 Å². The molecule has 120 valence electrons. The summed E-state index contributed by atoms with van der Waals surface area (Å²) in [6.45, 7) is 7.90. The highest BCUT2D eigenvalue weighted by Gasteiger charge is 2.60. The van der Waals surface area contributed by atoms with E-state index < -0.39 is 0 Å². The van der Waals surface area contributed by atoms with Gasteiger partial charge in [-0.1, -0.05) is 36.7 Å². The maximum absolute atomic E-state index is 12.4. The molecule has 3 heteroatoms. The summed E-state index contributed by atoms with van der Waals surface area (Å²) in [5, 5.41) is 3.15. The summed E-state index contributed by atoms with van der Waals surface area (Å²) in [4.78, 5) is 12.9. The van der Waals surface area contributed by atoms with Crippen LogP contribution in [0.15, 0.2) is 0 Å². The SMILES string of the molecule is CC(Br)CCNC(=O)CC12CC3CC(C)(CC(C)(C3)C1)C2. The van der Waals surface area contributed by atoms with Crippen LogP contribution in [-0.4, -0.2) is 17.3 Å². The van der Waals surface area contributed by atoms with Gasteiger partial charge in [-0.15, -0.1) is 0 Å². The lowest BCUT2D eigenvalue weighted by atomic mass is 9.40. The molecule has 4 aliphatic carbocycles. The summed E-state index contributed by atoms with van der Waals surface area (Å²) in [6, 6.07) is 0. The molecular formula is C18H30BrNO. The van der Waals surface area contributed by atoms with Crippen LogP contribution in [0.1, 0.15) is 72.1 Å². The molecule has 2 nitrogen and oxygen atoms in total. The van der Waals surface area contributed by atoms with Crippen LogP contribution in [0.5, 0.6) is 0 Å². The Morgan fingerprint density at radius 2 is 1.81 bits per heavy atom. The zero-order chi connectivity index (χ0) is 15.3. The van der Waals surface area contributed by atoms with Crippen LogP contribution in [0.4, 0.5) is 0 Å². The first-order chi connectivity index (χ1) is 9.72. The molecule has 1 N–H and O–H groups in total. The minimum atomic E-state index is 0.289. The Labute approximate surface area is 138 Å². The van der Waals surface area contributed by atoms with Crippen molar-refractivity contribution in [3.63, 3.8) is 0 Å². The second-order valence-electron chi connectivity index (χ2n) is 9.23. The van der Waals surface area contributed by atoms with Crippen molar-refractivity contribution in [1.82, 2.24) is 5.32 Å². The molecule has 0 aromatic carbocycles. The predicted octanol–water partition coefficient (Wildman–Crippen LogP) is 4.66. The molecule has 0 heterocycles. The summed E-state index contributed by atoms with van der Waals surface area (Å²) < 4.78 is 0. The van der Waals surface area contributed by atoms with Gasteiger partial charge in [0.1, 0.15) is 0 Å². The standard InChI is InChI=1S/C18H30BrNO/c1-13(19)4-5-20-15(21)9-18-8-14-6-16(2,11-18)10-17(3,7-14)12-18/h13-14H,4-12H2,1-3H3,(H,20,21). The Morgan fingerprint density at radius 1 is 1.19 bits per heavy atom. The van der Waals surface area contributed by atoms with Gasteiger partial charge in [0.05, 0.1) is 0 Å². The molecule has 4 saturated carbocycles. The fourth-order valence-electron chi connectivity index (χ4n) is 6.69. The zero-order valence-electron chi connectivity index (χ0n) is 13.8. The minimum absolute atomic E-state index is 0.289. The Morgan fingerprint density at radius 3 is 2.33 bits per heavy atom. The average molecular weight is 356 g/mol. The van der Waals surface area contributed by atoms with Crippen LogP contribution in [0.2, 0.25) is 0 Å². The van der Waals surface area contributed by atoms with E-state index in [1.807, 2.05) is 0 Å². The first-order valence-electron chi connectivity index (χ1n) is 8.63. The minimum Gasteiger partial charge on any atom is -0.356 e. The van der Waals surface area contributed by atoms with Crippen LogP contribution in [0, 0.1) is 22.2 Å². The Kier molecular flexibility index (Phi) is 3.96. The molecule has 0 spiro atoms. The molecule has 0 radical (unpaired) electrons. The normalized spacial score (nSPS) is 45.6. The Bertz CT molecular complexity index is 415. The largest absolute Gasteiger partial charge is 0.356 e. The van der Waals surface area contributed by atoms with Crippen molar-refractivity contribution < 1.29 is 4.79 Å². The van der Waals surface area contributed by atoms with Crippen molar-refractivity contribution in [2.24, 2.45) is 22.2 Å². The second kappa shape index (κ2) is 5.25. The van der Waals surface area contributed by atoms with Crippen molar-refractivity contribution in [2.75, 3.05) is 6.54 Å². The molecule has 0 aromatic rings. The smallest absolute Gasteiger partial charge is 0.220 e. The molecule has 4 aliphatic rings. The predicted molar refractivity (Wildman–Crippen MR) is 90.5 cm³/mol. The molecule has 4 fully saturated rings. The van der Waals surface area contributed by atoms with Gasteiger partial charge in [0.15, 0.2) is 0 Å². The first-order valence-corrected chi connectivity index (χ1v) is 9.54. The van der Waals surface area contributed by atoms with Crippen LogP contribution in [0.25, 0.3) is 0 Å². The van der Waals surface area contributed by atoms with Gasteiger partial charge in [0.25, 0.3) is 0 Å². The van der Waals surface area contributed by atoms with E-state index in [1.165, 1.54) is 38.5 Å². The highest BCUT2D eigenvalue weighted by Crippen LogP contribution is 2.70. The van der Waals surface area contributed by atoms with E-state index in [-0.39, 0.29) is 5.91 Å². The van der Waals surface area contributed by atoms with Gasteiger partial charge < -0.3 is 5.32 Å². The maximum Gasteiger partial charge on any atom is 0.220 e. The quantitative estimate of drug-likeness (QED) is 0.713. The molecule has 4 bridgehead atoms. The molecule has 3 atom stereocenters. The average Bonchev–Trinajstić information content (AvgIpc) is 2.21. The van der Waals surface area contributed by atoms with Crippen molar-refractivity contribution in [3.8, 4) is 0 Å². The third-order valence-electron chi connectivity index (χ3n) is 6.14. The van der Waals surface area contributed by atoms with E-state index in [0.29, 0.717) is 21.1 Å². The van der Waals surface area contributed by atoms with Crippen LogP contribution >= 0.6 is 15.9 Å². The van der Waals surface area contributed by atoms with E-state index in [9.17, 15) is 4.79 Å².